The molecule has 0 aliphatic rings. The van der Waals surface area contributed by atoms with E-state index in [0.717, 1.165) is 12.1 Å². The largest absolute Gasteiger partial charge is 0.355 e. The van der Waals surface area contributed by atoms with E-state index in [9.17, 15) is 9.59 Å². The third-order valence-electron chi connectivity index (χ3n) is 4.11. The predicted octanol–water partition coefficient (Wildman–Crippen LogP) is 3.09. The van der Waals surface area contributed by atoms with E-state index in [1.54, 1.807) is 0 Å². The van der Waals surface area contributed by atoms with Crippen LogP contribution in [0.15, 0.2) is 54.6 Å². The van der Waals surface area contributed by atoms with E-state index in [4.69, 9.17) is 0 Å². The Morgan fingerprint density at radius 1 is 1.00 bits per heavy atom. The SMILES string of the molecule is CCC(=O)NC[C@H](CN(C)C)c1cccc(C(=O)c2ccccc2)c1. The quantitative estimate of drug-likeness (QED) is 0.753. The molecule has 0 unspecified atom stereocenters. The zero-order valence-corrected chi connectivity index (χ0v) is 15.2. The van der Waals surface area contributed by atoms with Gasteiger partial charge in [-0.25, -0.2) is 0 Å². The zero-order valence-electron chi connectivity index (χ0n) is 15.2. The van der Waals surface area contributed by atoms with Crippen LogP contribution in [0.2, 0.25) is 0 Å². The number of ketones is 1. The van der Waals surface area contributed by atoms with Crippen LogP contribution in [0.25, 0.3) is 0 Å². The molecule has 0 aliphatic heterocycles. The Morgan fingerprint density at radius 2 is 1.68 bits per heavy atom. The van der Waals surface area contributed by atoms with Gasteiger partial charge >= 0.3 is 0 Å². The van der Waals surface area contributed by atoms with Crippen molar-refractivity contribution < 1.29 is 9.59 Å². The average molecular weight is 338 g/mol. The fourth-order valence-electron chi connectivity index (χ4n) is 2.78. The first kappa shape index (κ1) is 18.9. The van der Waals surface area contributed by atoms with Gasteiger partial charge in [-0.15, -0.1) is 0 Å². The Hall–Kier alpha value is -2.46. The first-order valence-electron chi connectivity index (χ1n) is 8.62. The fraction of sp³-hybridized carbons (Fsp3) is 0.333. The first-order chi connectivity index (χ1) is 12.0. The lowest BCUT2D eigenvalue weighted by molar-refractivity contribution is -0.120. The second-order valence-electron chi connectivity index (χ2n) is 6.44. The number of likely N-dealkylation sites (N-methyl/N-ethyl adjacent to an activating group) is 1. The highest BCUT2D eigenvalue weighted by Crippen LogP contribution is 2.19. The van der Waals surface area contributed by atoms with E-state index in [1.165, 1.54) is 0 Å². The highest BCUT2D eigenvalue weighted by molar-refractivity contribution is 6.09. The van der Waals surface area contributed by atoms with E-state index in [-0.39, 0.29) is 17.6 Å². The van der Waals surface area contributed by atoms with Crippen molar-refractivity contribution in [3.63, 3.8) is 0 Å². The van der Waals surface area contributed by atoms with Crippen molar-refractivity contribution in [2.75, 3.05) is 27.2 Å². The summed E-state index contributed by atoms with van der Waals surface area (Å²) in [7, 11) is 4.02. The van der Waals surface area contributed by atoms with E-state index in [2.05, 4.69) is 10.2 Å². The molecule has 1 amide bonds. The number of amides is 1. The van der Waals surface area contributed by atoms with E-state index in [1.807, 2.05) is 75.6 Å². The Kier molecular flexibility index (Phi) is 6.90. The summed E-state index contributed by atoms with van der Waals surface area (Å²) >= 11 is 0. The van der Waals surface area contributed by atoms with E-state index >= 15 is 0 Å². The molecular weight excluding hydrogens is 312 g/mol. The maximum absolute atomic E-state index is 12.7. The lowest BCUT2D eigenvalue weighted by Gasteiger charge is -2.22. The minimum atomic E-state index is 0.0173. The van der Waals surface area contributed by atoms with Crippen molar-refractivity contribution in [1.29, 1.82) is 0 Å². The van der Waals surface area contributed by atoms with E-state index < -0.39 is 0 Å². The van der Waals surface area contributed by atoms with Crippen LogP contribution in [0.1, 0.15) is 40.7 Å². The molecule has 132 valence electrons. The minimum absolute atomic E-state index is 0.0173. The summed E-state index contributed by atoms with van der Waals surface area (Å²) < 4.78 is 0. The maximum Gasteiger partial charge on any atom is 0.219 e. The molecule has 1 atom stereocenters. The standard InChI is InChI=1S/C21H26N2O2/c1-4-20(24)22-14-19(15-23(2)3)17-11-8-12-18(13-17)21(25)16-9-6-5-7-10-16/h5-13,19H,4,14-15H2,1-3H3,(H,22,24)/t19-/m1/s1. The van der Waals surface area contributed by atoms with Gasteiger partial charge in [-0.3, -0.25) is 9.59 Å². The lowest BCUT2D eigenvalue weighted by Crippen LogP contribution is -2.32. The molecule has 0 aromatic heterocycles. The molecule has 0 bridgehead atoms. The van der Waals surface area contributed by atoms with Gasteiger partial charge in [-0.2, -0.15) is 0 Å². The van der Waals surface area contributed by atoms with Crippen LogP contribution in [-0.2, 0) is 4.79 Å². The molecule has 0 aliphatic carbocycles. The number of carbonyl (C=O) groups is 2. The molecule has 4 heteroatoms. The molecule has 25 heavy (non-hydrogen) atoms. The molecule has 1 N–H and O–H groups in total. The van der Waals surface area contributed by atoms with Crippen LogP contribution >= 0.6 is 0 Å². The summed E-state index contributed by atoms with van der Waals surface area (Å²) in [4.78, 5) is 26.4. The number of hydrogen-bond donors (Lipinski definition) is 1. The van der Waals surface area contributed by atoms with Gasteiger partial charge in [0.1, 0.15) is 0 Å². The van der Waals surface area contributed by atoms with Crippen LogP contribution in [0, 0.1) is 0 Å². The zero-order chi connectivity index (χ0) is 18.2. The normalized spacial score (nSPS) is 12.0. The van der Waals surface area contributed by atoms with Crippen LogP contribution < -0.4 is 5.32 Å². The first-order valence-corrected chi connectivity index (χ1v) is 8.62. The molecule has 4 nitrogen and oxygen atoms in total. The van der Waals surface area contributed by atoms with Gasteiger partial charge in [-0.1, -0.05) is 55.5 Å². The van der Waals surface area contributed by atoms with Gasteiger partial charge in [0.2, 0.25) is 5.91 Å². The highest BCUT2D eigenvalue weighted by atomic mass is 16.1. The lowest BCUT2D eigenvalue weighted by atomic mass is 9.94. The number of rotatable bonds is 8. The Bertz CT molecular complexity index is 711. The summed E-state index contributed by atoms with van der Waals surface area (Å²) in [6.07, 6.45) is 0.473. The molecule has 2 aromatic rings. The summed E-state index contributed by atoms with van der Waals surface area (Å²) in [5.74, 6) is 0.193. The fourth-order valence-corrected chi connectivity index (χ4v) is 2.78. The van der Waals surface area contributed by atoms with Gasteiger partial charge in [-0.05, 0) is 25.7 Å². The Morgan fingerprint density at radius 3 is 2.32 bits per heavy atom. The summed E-state index contributed by atoms with van der Waals surface area (Å²) in [6.45, 7) is 3.20. The third-order valence-corrected chi connectivity index (χ3v) is 4.11. The van der Waals surface area contributed by atoms with Gasteiger partial charge in [0.05, 0.1) is 0 Å². The molecule has 0 saturated heterocycles. The number of nitrogens with zero attached hydrogens (tertiary/aromatic N) is 1. The molecule has 0 saturated carbocycles. The third kappa shape index (κ3) is 5.54. The van der Waals surface area contributed by atoms with Crippen LogP contribution in [0.5, 0.6) is 0 Å². The monoisotopic (exact) mass is 338 g/mol. The van der Waals surface area contributed by atoms with Crippen molar-refractivity contribution in [1.82, 2.24) is 10.2 Å². The number of carbonyl (C=O) groups excluding carboxylic acids is 2. The van der Waals surface area contributed by atoms with E-state index in [0.29, 0.717) is 24.1 Å². The number of hydrogen-bond acceptors (Lipinski definition) is 3. The second kappa shape index (κ2) is 9.14. The second-order valence-corrected chi connectivity index (χ2v) is 6.44. The Balaban J connectivity index is 2.23. The van der Waals surface area contributed by atoms with Gasteiger partial charge < -0.3 is 10.2 Å². The van der Waals surface area contributed by atoms with Gasteiger partial charge in [0.15, 0.2) is 5.78 Å². The molecule has 2 rings (SSSR count). The molecule has 0 fully saturated rings. The number of nitrogens with one attached hydrogen (secondary N) is 1. The van der Waals surface area contributed by atoms with Crippen LogP contribution in [-0.4, -0.2) is 43.8 Å². The van der Waals surface area contributed by atoms with Gasteiger partial charge in [0, 0.05) is 36.6 Å². The molecule has 0 radical (unpaired) electrons. The molecule has 0 heterocycles. The summed E-state index contributed by atoms with van der Waals surface area (Å²) in [5.41, 5.74) is 2.42. The van der Waals surface area contributed by atoms with Gasteiger partial charge in [0.25, 0.3) is 0 Å². The summed E-state index contributed by atoms with van der Waals surface area (Å²) in [6, 6.07) is 17.0. The smallest absolute Gasteiger partial charge is 0.219 e. The molecule has 2 aromatic carbocycles. The maximum atomic E-state index is 12.7. The summed E-state index contributed by atoms with van der Waals surface area (Å²) in [5, 5.41) is 2.97. The Labute approximate surface area is 149 Å². The predicted molar refractivity (Wildman–Crippen MR) is 101 cm³/mol. The topological polar surface area (TPSA) is 49.4 Å². The van der Waals surface area contributed by atoms with Crippen molar-refractivity contribution in [3.05, 3.63) is 71.3 Å². The highest BCUT2D eigenvalue weighted by Gasteiger charge is 2.16. The van der Waals surface area contributed by atoms with Crippen LogP contribution in [0.4, 0.5) is 0 Å². The molecule has 0 spiro atoms. The minimum Gasteiger partial charge on any atom is -0.355 e. The van der Waals surface area contributed by atoms with Crippen molar-refractivity contribution in [2.45, 2.75) is 19.3 Å². The van der Waals surface area contributed by atoms with Crippen molar-refractivity contribution in [3.8, 4) is 0 Å². The van der Waals surface area contributed by atoms with Crippen molar-refractivity contribution >= 4 is 11.7 Å². The number of benzene rings is 2. The average Bonchev–Trinajstić information content (AvgIpc) is 2.64. The van der Waals surface area contributed by atoms with Crippen LogP contribution in [0.3, 0.4) is 0 Å². The van der Waals surface area contributed by atoms with Crippen molar-refractivity contribution in [2.24, 2.45) is 0 Å². The molecular formula is C21H26N2O2.